The standard InChI is InChI=1S/C9H10BrNOS/c10-7-2-1-3-9(6-7)13(12)11-8-4-5-8/h1-3,6,8,11H,4-5H2/t13-/m0/s1. The number of rotatable bonds is 3. The molecule has 1 aliphatic rings. The van der Waals surface area contributed by atoms with E-state index in [0.717, 1.165) is 22.2 Å². The molecular formula is C9H10BrNOS. The Labute approximate surface area is 88.4 Å². The molecule has 1 atom stereocenters. The zero-order valence-corrected chi connectivity index (χ0v) is 9.40. The van der Waals surface area contributed by atoms with Crippen LogP contribution >= 0.6 is 15.9 Å². The predicted octanol–water partition coefficient (Wildman–Crippen LogP) is 2.22. The second-order valence-electron chi connectivity index (χ2n) is 3.12. The molecule has 0 aromatic heterocycles. The van der Waals surface area contributed by atoms with Crippen molar-refractivity contribution in [3.8, 4) is 0 Å². The largest absolute Gasteiger partial charge is 0.237 e. The lowest BCUT2D eigenvalue weighted by Crippen LogP contribution is -2.19. The molecule has 1 fully saturated rings. The van der Waals surface area contributed by atoms with Crippen LogP contribution in [0.1, 0.15) is 12.8 Å². The molecule has 0 amide bonds. The van der Waals surface area contributed by atoms with Crippen LogP contribution in [0.15, 0.2) is 33.6 Å². The van der Waals surface area contributed by atoms with Crippen LogP contribution in [0.3, 0.4) is 0 Å². The van der Waals surface area contributed by atoms with Gasteiger partial charge in [-0.3, -0.25) is 0 Å². The van der Waals surface area contributed by atoms with Crippen molar-refractivity contribution < 1.29 is 4.21 Å². The molecule has 13 heavy (non-hydrogen) atoms. The summed E-state index contributed by atoms with van der Waals surface area (Å²) in [6.45, 7) is 0. The number of benzene rings is 1. The fraction of sp³-hybridized carbons (Fsp3) is 0.333. The molecule has 0 bridgehead atoms. The van der Waals surface area contributed by atoms with E-state index in [1.807, 2.05) is 24.3 Å². The van der Waals surface area contributed by atoms with Gasteiger partial charge in [0.1, 0.15) is 11.0 Å². The molecule has 2 nitrogen and oxygen atoms in total. The van der Waals surface area contributed by atoms with Gasteiger partial charge in [-0.1, -0.05) is 22.0 Å². The number of hydrogen-bond acceptors (Lipinski definition) is 1. The van der Waals surface area contributed by atoms with E-state index in [1.165, 1.54) is 0 Å². The quantitative estimate of drug-likeness (QED) is 0.887. The summed E-state index contributed by atoms with van der Waals surface area (Å²) < 4.78 is 15.6. The normalized spacial score (nSPS) is 18.5. The summed E-state index contributed by atoms with van der Waals surface area (Å²) in [7, 11) is -1.04. The molecule has 0 spiro atoms. The molecule has 1 N–H and O–H groups in total. The van der Waals surface area contributed by atoms with E-state index in [1.54, 1.807) is 0 Å². The second-order valence-corrected chi connectivity index (χ2v) is 5.28. The van der Waals surface area contributed by atoms with Crippen LogP contribution in [0.25, 0.3) is 0 Å². The fourth-order valence-electron chi connectivity index (χ4n) is 1.00. The van der Waals surface area contributed by atoms with Crippen molar-refractivity contribution in [1.82, 2.24) is 4.72 Å². The molecule has 4 heteroatoms. The Hall–Kier alpha value is -0.190. The van der Waals surface area contributed by atoms with Gasteiger partial charge in [-0.15, -0.1) is 0 Å². The van der Waals surface area contributed by atoms with Crippen molar-refractivity contribution >= 4 is 26.9 Å². The Kier molecular flexibility index (Phi) is 2.81. The Morgan fingerprint density at radius 3 is 2.85 bits per heavy atom. The van der Waals surface area contributed by atoms with Crippen LogP contribution in [-0.2, 0) is 11.0 Å². The summed E-state index contributed by atoms with van der Waals surface area (Å²) in [5, 5.41) is 0. The Morgan fingerprint density at radius 1 is 1.46 bits per heavy atom. The van der Waals surface area contributed by atoms with E-state index >= 15 is 0 Å². The maximum Gasteiger partial charge on any atom is 0.125 e. The lowest BCUT2D eigenvalue weighted by atomic mass is 10.4. The van der Waals surface area contributed by atoms with E-state index < -0.39 is 11.0 Å². The molecule has 1 saturated carbocycles. The van der Waals surface area contributed by atoms with E-state index in [9.17, 15) is 4.21 Å². The second kappa shape index (κ2) is 3.90. The van der Waals surface area contributed by atoms with Gasteiger partial charge in [0.25, 0.3) is 0 Å². The van der Waals surface area contributed by atoms with Gasteiger partial charge in [0.15, 0.2) is 0 Å². The summed E-state index contributed by atoms with van der Waals surface area (Å²) >= 11 is 3.35. The third-order valence-electron chi connectivity index (χ3n) is 1.86. The topological polar surface area (TPSA) is 29.1 Å². The van der Waals surface area contributed by atoms with Gasteiger partial charge in [-0.2, -0.15) is 0 Å². The molecule has 1 aliphatic carbocycles. The summed E-state index contributed by atoms with van der Waals surface area (Å²) in [4.78, 5) is 0.835. The zero-order valence-electron chi connectivity index (χ0n) is 7.00. The lowest BCUT2D eigenvalue weighted by Gasteiger charge is -2.02. The summed E-state index contributed by atoms with van der Waals surface area (Å²) in [5.74, 6) is 0. The van der Waals surface area contributed by atoms with Crippen molar-refractivity contribution in [3.63, 3.8) is 0 Å². The van der Waals surface area contributed by atoms with Gasteiger partial charge in [0, 0.05) is 10.5 Å². The predicted molar refractivity (Wildman–Crippen MR) is 56.7 cm³/mol. The summed E-state index contributed by atoms with van der Waals surface area (Å²) in [5.41, 5.74) is 0. The van der Waals surface area contributed by atoms with E-state index in [4.69, 9.17) is 0 Å². The Bertz CT molecular complexity index is 338. The first-order valence-electron chi connectivity index (χ1n) is 4.19. The first-order chi connectivity index (χ1) is 6.25. The van der Waals surface area contributed by atoms with Gasteiger partial charge in [-0.25, -0.2) is 8.93 Å². The van der Waals surface area contributed by atoms with Crippen LogP contribution < -0.4 is 4.72 Å². The van der Waals surface area contributed by atoms with Crippen molar-refractivity contribution in [2.75, 3.05) is 0 Å². The molecule has 1 aromatic rings. The van der Waals surface area contributed by atoms with Crippen LogP contribution in [-0.4, -0.2) is 10.3 Å². The highest BCUT2D eigenvalue weighted by Crippen LogP contribution is 2.21. The molecule has 0 aliphatic heterocycles. The van der Waals surface area contributed by atoms with Crippen LogP contribution in [0.2, 0.25) is 0 Å². The van der Waals surface area contributed by atoms with Gasteiger partial charge in [0.05, 0.1) is 4.90 Å². The van der Waals surface area contributed by atoms with Crippen molar-refractivity contribution in [2.24, 2.45) is 0 Å². The first kappa shape index (κ1) is 9.37. The maximum absolute atomic E-state index is 11.6. The minimum Gasteiger partial charge on any atom is -0.237 e. The lowest BCUT2D eigenvalue weighted by molar-refractivity contribution is 0.671. The molecule has 70 valence electrons. The van der Waals surface area contributed by atoms with Gasteiger partial charge < -0.3 is 0 Å². The molecule has 1 aromatic carbocycles. The van der Waals surface area contributed by atoms with E-state index in [2.05, 4.69) is 20.7 Å². The molecular weight excluding hydrogens is 250 g/mol. The van der Waals surface area contributed by atoms with E-state index in [0.29, 0.717) is 6.04 Å². The minimum absolute atomic E-state index is 0.472. The first-order valence-corrected chi connectivity index (χ1v) is 6.13. The molecule has 0 unspecified atom stereocenters. The van der Waals surface area contributed by atoms with Crippen molar-refractivity contribution in [3.05, 3.63) is 28.7 Å². The highest BCUT2D eigenvalue weighted by atomic mass is 79.9. The van der Waals surface area contributed by atoms with E-state index in [-0.39, 0.29) is 0 Å². The fourth-order valence-corrected chi connectivity index (χ4v) is 2.66. The van der Waals surface area contributed by atoms with Crippen molar-refractivity contribution in [1.29, 1.82) is 0 Å². The Balaban J connectivity index is 2.09. The summed E-state index contributed by atoms with van der Waals surface area (Å²) in [6, 6.07) is 8.05. The van der Waals surface area contributed by atoms with Crippen LogP contribution in [0.4, 0.5) is 0 Å². The molecule has 0 heterocycles. The molecule has 2 rings (SSSR count). The van der Waals surface area contributed by atoms with Gasteiger partial charge in [0.2, 0.25) is 0 Å². The smallest absolute Gasteiger partial charge is 0.125 e. The monoisotopic (exact) mass is 259 g/mol. The third kappa shape index (κ3) is 2.62. The maximum atomic E-state index is 11.6. The highest BCUT2D eigenvalue weighted by Gasteiger charge is 2.23. The molecule has 0 radical (unpaired) electrons. The highest BCUT2D eigenvalue weighted by molar-refractivity contribution is 9.10. The minimum atomic E-state index is -1.04. The SMILES string of the molecule is O=[S@](NC1CC1)c1cccc(Br)c1. The van der Waals surface area contributed by atoms with Crippen LogP contribution in [0, 0.1) is 0 Å². The Morgan fingerprint density at radius 2 is 2.23 bits per heavy atom. The zero-order chi connectivity index (χ0) is 9.26. The molecule has 0 saturated heterocycles. The van der Waals surface area contributed by atoms with Crippen molar-refractivity contribution in [2.45, 2.75) is 23.8 Å². The third-order valence-corrected chi connectivity index (χ3v) is 3.58. The number of nitrogens with one attached hydrogen (secondary N) is 1. The van der Waals surface area contributed by atoms with Gasteiger partial charge >= 0.3 is 0 Å². The van der Waals surface area contributed by atoms with Crippen LogP contribution in [0.5, 0.6) is 0 Å². The average molecular weight is 260 g/mol. The average Bonchev–Trinajstić information content (AvgIpc) is 2.88. The van der Waals surface area contributed by atoms with Gasteiger partial charge in [-0.05, 0) is 31.0 Å². The number of halogens is 1. The number of hydrogen-bond donors (Lipinski definition) is 1. The summed E-state index contributed by atoms with van der Waals surface area (Å²) in [6.07, 6.45) is 2.31.